The maximum atomic E-state index is 12.5. The summed E-state index contributed by atoms with van der Waals surface area (Å²) in [4.78, 5) is 25.9. The van der Waals surface area contributed by atoms with Crippen LogP contribution in [0.4, 0.5) is 0 Å². The molecular formula is C15H17NO7. The first-order chi connectivity index (χ1) is 11.0. The smallest absolute Gasteiger partial charge is 0.262 e. The average Bonchev–Trinajstić information content (AvgIpc) is 2.82. The van der Waals surface area contributed by atoms with E-state index in [2.05, 4.69) is 0 Å². The minimum Gasteiger partial charge on any atom is -0.394 e. The molecule has 1 saturated heterocycles. The molecule has 1 aromatic rings. The lowest BCUT2D eigenvalue weighted by molar-refractivity contribution is -0.272. The van der Waals surface area contributed by atoms with Gasteiger partial charge in [0.05, 0.1) is 17.7 Å². The minimum atomic E-state index is -1.51. The third-order valence-corrected chi connectivity index (χ3v) is 4.20. The molecule has 8 heteroatoms. The number of hydrogen-bond acceptors (Lipinski definition) is 7. The van der Waals surface area contributed by atoms with Crippen LogP contribution >= 0.6 is 0 Å². The lowest BCUT2D eigenvalue weighted by Crippen LogP contribution is -2.65. The number of aliphatic hydroxyl groups is 3. The summed E-state index contributed by atoms with van der Waals surface area (Å²) < 4.78 is 10.5. The van der Waals surface area contributed by atoms with Crippen LogP contribution in [0, 0.1) is 0 Å². The Hall–Kier alpha value is -1.84. The van der Waals surface area contributed by atoms with Crippen molar-refractivity contribution in [3.8, 4) is 0 Å². The van der Waals surface area contributed by atoms with E-state index < -0.39 is 49.1 Å². The molecule has 3 rings (SSSR count). The summed E-state index contributed by atoms with van der Waals surface area (Å²) in [5.41, 5.74) is 0.441. The van der Waals surface area contributed by atoms with E-state index in [4.69, 9.17) is 9.47 Å². The molecule has 0 saturated carbocycles. The molecule has 2 aliphatic rings. The van der Waals surface area contributed by atoms with E-state index in [0.29, 0.717) is 0 Å². The number of aliphatic hydroxyl groups excluding tert-OH is 3. The molecule has 0 bridgehead atoms. The zero-order chi connectivity index (χ0) is 16.7. The van der Waals surface area contributed by atoms with Crippen LogP contribution in [0.2, 0.25) is 0 Å². The first kappa shape index (κ1) is 16.0. The number of ether oxygens (including phenoxy) is 2. The van der Waals surface area contributed by atoms with Crippen molar-refractivity contribution >= 4 is 11.8 Å². The van der Waals surface area contributed by atoms with E-state index in [0.717, 1.165) is 4.90 Å². The maximum Gasteiger partial charge on any atom is 0.262 e. The third-order valence-electron chi connectivity index (χ3n) is 4.20. The zero-order valence-electron chi connectivity index (χ0n) is 12.3. The summed E-state index contributed by atoms with van der Waals surface area (Å²) in [5, 5.41) is 29.6. The highest BCUT2D eigenvalue weighted by Crippen LogP contribution is 2.32. The monoisotopic (exact) mass is 323 g/mol. The number of benzene rings is 1. The second-order valence-corrected chi connectivity index (χ2v) is 5.46. The first-order valence-corrected chi connectivity index (χ1v) is 7.13. The molecule has 1 fully saturated rings. The minimum absolute atomic E-state index is 0.221. The number of carbonyl (C=O) groups is 2. The lowest BCUT2D eigenvalue weighted by atomic mass is 9.95. The SMILES string of the molecule is CO[C@@H]1O[C@@H](CO)[C@H](O)[C@H](O)[C@H]1N1C(=O)c2ccccc2C1=O. The second-order valence-electron chi connectivity index (χ2n) is 5.46. The molecule has 3 N–H and O–H groups in total. The fourth-order valence-corrected chi connectivity index (χ4v) is 3.02. The van der Waals surface area contributed by atoms with Gasteiger partial charge in [-0.1, -0.05) is 12.1 Å². The lowest BCUT2D eigenvalue weighted by Gasteiger charge is -2.44. The number of methoxy groups -OCH3 is 1. The van der Waals surface area contributed by atoms with Crippen LogP contribution in [0.5, 0.6) is 0 Å². The molecule has 2 aliphatic heterocycles. The fourth-order valence-electron chi connectivity index (χ4n) is 3.02. The average molecular weight is 323 g/mol. The highest BCUT2D eigenvalue weighted by atomic mass is 16.7. The van der Waals surface area contributed by atoms with E-state index in [1.54, 1.807) is 12.1 Å². The van der Waals surface area contributed by atoms with Crippen molar-refractivity contribution in [1.82, 2.24) is 4.90 Å². The Kier molecular flexibility index (Phi) is 4.17. The first-order valence-electron chi connectivity index (χ1n) is 7.13. The van der Waals surface area contributed by atoms with Gasteiger partial charge in [-0.05, 0) is 12.1 Å². The van der Waals surface area contributed by atoms with E-state index in [-0.39, 0.29) is 11.1 Å². The molecule has 8 nitrogen and oxygen atoms in total. The molecule has 0 unspecified atom stereocenters. The Balaban J connectivity index is 1.97. The standard InChI is InChI=1S/C15H17NO7/c1-22-15-10(12(19)11(18)9(6-17)23-15)16-13(20)7-4-2-3-5-8(7)14(16)21/h2-5,9-12,15,17-19H,6H2,1H3/t9-,10+,11-,12+,15+/m0/s1. The topological polar surface area (TPSA) is 117 Å². The van der Waals surface area contributed by atoms with E-state index >= 15 is 0 Å². The van der Waals surface area contributed by atoms with Crippen LogP contribution in [-0.2, 0) is 9.47 Å². The van der Waals surface area contributed by atoms with Crippen LogP contribution < -0.4 is 0 Å². The largest absolute Gasteiger partial charge is 0.394 e. The van der Waals surface area contributed by atoms with Gasteiger partial charge in [-0.2, -0.15) is 0 Å². The summed E-state index contributed by atoms with van der Waals surface area (Å²) >= 11 is 0. The van der Waals surface area contributed by atoms with E-state index in [1.807, 2.05) is 0 Å². The predicted octanol–water partition coefficient (Wildman–Crippen LogP) is -1.26. The highest BCUT2D eigenvalue weighted by molar-refractivity contribution is 6.21. The zero-order valence-corrected chi connectivity index (χ0v) is 12.3. The normalized spacial score (nSPS) is 33.9. The van der Waals surface area contributed by atoms with Crippen LogP contribution in [0.3, 0.4) is 0 Å². The van der Waals surface area contributed by atoms with Gasteiger partial charge in [0.25, 0.3) is 11.8 Å². The van der Waals surface area contributed by atoms with Crippen molar-refractivity contribution in [3.05, 3.63) is 35.4 Å². The number of imide groups is 1. The molecular weight excluding hydrogens is 306 g/mol. The molecule has 2 amide bonds. The van der Waals surface area contributed by atoms with Crippen LogP contribution in [0.1, 0.15) is 20.7 Å². The maximum absolute atomic E-state index is 12.5. The number of amides is 2. The van der Waals surface area contributed by atoms with Crippen LogP contribution in [-0.4, -0.2) is 76.4 Å². The second kappa shape index (κ2) is 5.99. The highest BCUT2D eigenvalue weighted by Gasteiger charge is 2.52. The molecule has 1 aromatic carbocycles. The summed E-state index contributed by atoms with van der Waals surface area (Å²) in [6.07, 6.45) is -5.19. The van der Waals surface area contributed by atoms with Gasteiger partial charge in [-0.15, -0.1) is 0 Å². The van der Waals surface area contributed by atoms with Gasteiger partial charge in [0.1, 0.15) is 24.4 Å². The number of nitrogens with zero attached hydrogens (tertiary/aromatic N) is 1. The molecule has 0 aromatic heterocycles. The Bertz CT molecular complexity index is 597. The predicted molar refractivity (Wildman–Crippen MR) is 75.5 cm³/mol. The van der Waals surface area contributed by atoms with E-state index in [1.165, 1.54) is 19.2 Å². The summed E-state index contributed by atoms with van der Waals surface area (Å²) in [6.45, 7) is -0.535. The van der Waals surface area contributed by atoms with Crippen LogP contribution in [0.15, 0.2) is 24.3 Å². The number of hydrogen-bond donors (Lipinski definition) is 3. The summed E-state index contributed by atoms with van der Waals surface area (Å²) in [5.74, 6) is -1.18. The van der Waals surface area contributed by atoms with Crippen molar-refractivity contribution in [2.75, 3.05) is 13.7 Å². The quantitative estimate of drug-likeness (QED) is 0.594. The number of rotatable bonds is 3. The Morgan fingerprint density at radius 2 is 1.70 bits per heavy atom. The number of carbonyl (C=O) groups excluding carboxylic acids is 2. The van der Waals surface area contributed by atoms with E-state index in [9.17, 15) is 24.9 Å². The van der Waals surface area contributed by atoms with Gasteiger partial charge in [-0.3, -0.25) is 14.5 Å². The van der Waals surface area contributed by atoms with Crippen molar-refractivity contribution in [1.29, 1.82) is 0 Å². The molecule has 5 atom stereocenters. The molecule has 2 heterocycles. The van der Waals surface area contributed by atoms with Crippen molar-refractivity contribution < 1.29 is 34.4 Å². The Morgan fingerprint density at radius 1 is 1.13 bits per heavy atom. The van der Waals surface area contributed by atoms with Gasteiger partial charge < -0.3 is 24.8 Å². The molecule has 0 aliphatic carbocycles. The molecule has 124 valence electrons. The van der Waals surface area contributed by atoms with Gasteiger partial charge in [-0.25, -0.2) is 0 Å². The van der Waals surface area contributed by atoms with Gasteiger partial charge >= 0.3 is 0 Å². The van der Waals surface area contributed by atoms with Crippen LogP contribution in [0.25, 0.3) is 0 Å². The molecule has 0 radical (unpaired) electrons. The van der Waals surface area contributed by atoms with Crippen molar-refractivity contribution in [2.45, 2.75) is 30.6 Å². The number of fused-ring (bicyclic) bond motifs is 1. The molecule has 0 spiro atoms. The Morgan fingerprint density at radius 3 is 2.17 bits per heavy atom. The van der Waals surface area contributed by atoms with Crippen molar-refractivity contribution in [2.24, 2.45) is 0 Å². The Labute approximate surface area is 131 Å². The van der Waals surface area contributed by atoms with Gasteiger partial charge in [0.15, 0.2) is 6.29 Å². The third kappa shape index (κ3) is 2.35. The van der Waals surface area contributed by atoms with Crippen molar-refractivity contribution in [3.63, 3.8) is 0 Å². The fraction of sp³-hybridized carbons (Fsp3) is 0.467. The molecule has 23 heavy (non-hydrogen) atoms. The van der Waals surface area contributed by atoms with Gasteiger partial charge in [0.2, 0.25) is 0 Å². The summed E-state index contributed by atoms with van der Waals surface area (Å²) in [6, 6.07) is 5.07. The summed E-state index contributed by atoms with van der Waals surface area (Å²) in [7, 11) is 1.29. The van der Waals surface area contributed by atoms with Gasteiger partial charge in [0, 0.05) is 7.11 Å².